The Bertz CT molecular complexity index is 423. The van der Waals surface area contributed by atoms with E-state index in [1.165, 1.54) is 12.1 Å². The van der Waals surface area contributed by atoms with Gasteiger partial charge in [0, 0.05) is 25.2 Å². The lowest BCUT2D eigenvalue weighted by Gasteiger charge is -2.39. The molecule has 1 heterocycles. The number of rotatable bonds is 6. The summed E-state index contributed by atoms with van der Waals surface area (Å²) in [7, 11) is 1.97. The molecule has 0 aromatic heterocycles. The van der Waals surface area contributed by atoms with Gasteiger partial charge >= 0.3 is 0 Å². The summed E-state index contributed by atoms with van der Waals surface area (Å²) in [6, 6.07) is 7.59. The van der Waals surface area contributed by atoms with Crippen LogP contribution < -0.4 is 5.32 Å². The summed E-state index contributed by atoms with van der Waals surface area (Å²) in [5.41, 5.74) is 1.15. The Kier molecular flexibility index (Phi) is 6.15. The van der Waals surface area contributed by atoms with Crippen molar-refractivity contribution in [3.8, 4) is 0 Å². The first-order valence-electron chi connectivity index (χ1n) is 7.92. The van der Waals surface area contributed by atoms with Crippen molar-refractivity contribution >= 4 is 0 Å². The Morgan fingerprint density at radius 1 is 1.38 bits per heavy atom. The first kappa shape index (κ1) is 16.4. The van der Waals surface area contributed by atoms with Gasteiger partial charge in [0.15, 0.2) is 0 Å². The van der Waals surface area contributed by atoms with Crippen LogP contribution >= 0.6 is 0 Å². The monoisotopic (exact) mass is 294 g/mol. The molecule has 3 unspecified atom stereocenters. The fourth-order valence-electron chi connectivity index (χ4n) is 3.03. The van der Waals surface area contributed by atoms with Gasteiger partial charge < -0.3 is 10.1 Å². The van der Waals surface area contributed by atoms with Crippen LogP contribution in [0, 0.1) is 5.82 Å². The van der Waals surface area contributed by atoms with Crippen LogP contribution in [0.4, 0.5) is 4.39 Å². The third kappa shape index (κ3) is 4.50. The number of benzene rings is 1. The Morgan fingerprint density at radius 3 is 2.71 bits per heavy atom. The zero-order valence-electron chi connectivity index (χ0n) is 13.3. The van der Waals surface area contributed by atoms with E-state index < -0.39 is 0 Å². The Hall–Kier alpha value is -0.970. The molecule has 118 valence electrons. The van der Waals surface area contributed by atoms with Gasteiger partial charge in [-0.2, -0.15) is 0 Å². The smallest absolute Gasteiger partial charge is 0.123 e. The van der Waals surface area contributed by atoms with Crippen molar-refractivity contribution in [3.05, 3.63) is 35.6 Å². The summed E-state index contributed by atoms with van der Waals surface area (Å²) in [6.07, 6.45) is 2.45. The summed E-state index contributed by atoms with van der Waals surface area (Å²) in [5.74, 6) is -0.179. The van der Waals surface area contributed by atoms with Gasteiger partial charge in [-0.1, -0.05) is 19.1 Å². The number of hydrogen-bond donors (Lipinski definition) is 1. The van der Waals surface area contributed by atoms with E-state index in [1.54, 1.807) is 0 Å². The molecule has 1 aromatic rings. The van der Waals surface area contributed by atoms with Gasteiger partial charge in [0.25, 0.3) is 0 Å². The summed E-state index contributed by atoms with van der Waals surface area (Å²) in [6.45, 7) is 7.22. The molecule has 1 fully saturated rings. The summed E-state index contributed by atoms with van der Waals surface area (Å²) >= 11 is 0. The molecule has 0 bridgehead atoms. The molecule has 3 nitrogen and oxygen atoms in total. The molecular formula is C17H27FN2O. The Labute approximate surface area is 127 Å². The van der Waals surface area contributed by atoms with Gasteiger partial charge in [0.05, 0.1) is 12.7 Å². The van der Waals surface area contributed by atoms with Crippen molar-refractivity contribution in [1.82, 2.24) is 10.2 Å². The average molecular weight is 294 g/mol. The zero-order chi connectivity index (χ0) is 15.2. The summed E-state index contributed by atoms with van der Waals surface area (Å²) in [5, 5.41) is 3.34. The highest BCUT2D eigenvalue weighted by atomic mass is 19.1. The molecule has 0 amide bonds. The largest absolute Gasteiger partial charge is 0.376 e. The van der Waals surface area contributed by atoms with E-state index in [1.807, 2.05) is 19.2 Å². The minimum atomic E-state index is -0.179. The lowest BCUT2D eigenvalue weighted by molar-refractivity contribution is -0.0566. The fraction of sp³-hybridized carbons (Fsp3) is 0.647. The van der Waals surface area contributed by atoms with Gasteiger partial charge in [-0.25, -0.2) is 4.39 Å². The third-order valence-electron chi connectivity index (χ3n) is 4.38. The molecule has 21 heavy (non-hydrogen) atoms. The van der Waals surface area contributed by atoms with E-state index in [9.17, 15) is 4.39 Å². The molecule has 0 saturated carbocycles. The van der Waals surface area contributed by atoms with Gasteiger partial charge in [0.1, 0.15) is 5.82 Å². The second-order valence-corrected chi connectivity index (χ2v) is 5.88. The van der Waals surface area contributed by atoms with Crippen LogP contribution in [0.2, 0.25) is 0 Å². The van der Waals surface area contributed by atoms with E-state index in [4.69, 9.17) is 4.74 Å². The van der Waals surface area contributed by atoms with Crippen LogP contribution in [0.15, 0.2) is 24.3 Å². The molecule has 1 N–H and O–H groups in total. The van der Waals surface area contributed by atoms with Crippen molar-refractivity contribution < 1.29 is 9.13 Å². The third-order valence-corrected chi connectivity index (χ3v) is 4.38. The van der Waals surface area contributed by atoms with Gasteiger partial charge in [-0.15, -0.1) is 0 Å². The molecule has 0 aliphatic carbocycles. The molecule has 1 aromatic carbocycles. The lowest BCUT2D eigenvalue weighted by atomic mass is 10.0. The SMILES string of the molecule is CCC1COC(C)CN1CCC(NC)c1ccc(F)cc1. The van der Waals surface area contributed by atoms with E-state index in [0.29, 0.717) is 12.1 Å². The summed E-state index contributed by atoms with van der Waals surface area (Å²) in [4.78, 5) is 2.53. The van der Waals surface area contributed by atoms with Crippen molar-refractivity contribution in [2.24, 2.45) is 0 Å². The standard InChI is InChI=1S/C17H27FN2O/c1-4-16-12-21-13(2)11-20(16)10-9-17(19-3)14-5-7-15(18)8-6-14/h5-8,13,16-17,19H,4,9-12H2,1-3H3. The predicted octanol–water partition coefficient (Wildman–Crippen LogP) is 2.98. The lowest BCUT2D eigenvalue weighted by Crippen LogP contribution is -2.49. The second-order valence-electron chi connectivity index (χ2n) is 5.88. The first-order chi connectivity index (χ1) is 10.1. The van der Waals surface area contributed by atoms with Crippen LogP contribution in [0.3, 0.4) is 0 Å². The van der Waals surface area contributed by atoms with Crippen molar-refractivity contribution in [1.29, 1.82) is 0 Å². The van der Waals surface area contributed by atoms with Crippen molar-refractivity contribution in [2.45, 2.75) is 44.9 Å². The quantitative estimate of drug-likeness (QED) is 0.873. The van der Waals surface area contributed by atoms with Crippen molar-refractivity contribution in [2.75, 3.05) is 26.7 Å². The molecule has 4 heteroatoms. The zero-order valence-corrected chi connectivity index (χ0v) is 13.3. The maximum Gasteiger partial charge on any atom is 0.123 e. The van der Waals surface area contributed by atoms with Gasteiger partial charge in [-0.05, 0) is 44.5 Å². The summed E-state index contributed by atoms with van der Waals surface area (Å²) < 4.78 is 18.8. The highest BCUT2D eigenvalue weighted by molar-refractivity contribution is 5.19. The normalized spacial score (nSPS) is 25.0. The average Bonchev–Trinajstić information content (AvgIpc) is 2.50. The molecule has 1 aliphatic rings. The molecule has 0 radical (unpaired) electrons. The minimum absolute atomic E-state index is 0.179. The van der Waals surface area contributed by atoms with Crippen molar-refractivity contribution in [3.63, 3.8) is 0 Å². The van der Waals surface area contributed by atoms with E-state index in [-0.39, 0.29) is 11.9 Å². The number of ether oxygens (including phenoxy) is 1. The predicted molar refractivity (Wildman–Crippen MR) is 83.9 cm³/mol. The molecule has 0 spiro atoms. The maximum atomic E-state index is 13.0. The molecule has 3 atom stereocenters. The van der Waals surface area contributed by atoms with Crippen LogP contribution in [0.5, 0.6) is 0 Å². The second kappa shape index (κ2) is 7.87. The van der Waals surface area contributed by atoms with Gasteiger partial charge in [-0.3, -0.25) is 4.90 Å². The highest BCUT2D eigenvalue weighted by Gasteiger charge is 2.25. The van der Waals surface area contributed by atoms with Crippen LogP contribution in [0.1, 0.15) is 38.3 Å². The fourth-order valence-corrected chi connectivity index (χ4v) is 3.03. The first-order valence-corrected chi connectivity index (χ1v) is 7.92. The van der Waals surface area contributed by atoms with E-state index >= 15 is 0 Å². The minimum Gasteiger partial charge on any atom is -0.376 e. The number of nitrogens with zero attached hydrogens (tertiary/aromatic N) is 1. The Balaban J connectivity index is 1.93. The van der Waals surface area contributed by atoms with E-state index in [0.717, 1.165) is 38.1 Å². The number of morpholine rings is 1. The van der Waals surface area contributed by atoms with E-state index in [2.05, 4.69) is 24.1 Å². The highest BCUT2D eigenvalue weighted by Crippen LogP contribution is 2.20. The molecule has 1 saturated heterocycles. The molecule has 2 rings (SSSR count). The number of nitrogens with one attached hydrogen (secondary N) is 1. The van der Waals surface area contributed by atoms with Crippen LogP contribution in [-0.2, 0) is 4.74 Å². The molecular weight excluding hydrogens is 267 g/mol. The van der Waals surface area contributed by atoms with Crippen LogP contribution in [-0.4, -0.2) is 43.8 Å². The molecule has 1 aliphatic heterocycles. The number of halogens is 1. The van der Waals surface area contributed by atoms with Crippen LogP contribution in [0.25, 0.3) is 0 Å². The van der Waals surface area contributed by atoms with Gasteiger partial charge in [0.2, 0.25) is 0 Å². The topological polar surface area (TPSA) is 24.5 Å². The Morgan fingerprint density at radius 2 is 2.10 bits per heavy atom. The number of hydrogen-bond acceptors (Lipinski definition) is 3. The maximum absolute atomic E-state index is 13.0.